The van der Waals surface area contributed by atoms with Crippen LogP contribution in [-0.2, 0) is 26.3 Å². The van der Waals surface area contributed by atoms with Crippen molar-refractivity contribution in [2.45, 2.75) is 51.6 Å². The van der Waals surface area contributed by atoms with Crippen LogP contribution >= 0.6 is 0 Å². The number of amides is 2. The Kier molecular flexibility index (Phi) is 8.04. The number of hydrogen-bond acceptors (Lipinski definition) is 6. The van der Waals surface area contributed by atoms with E-state index in [0.29, 0.717) is 17.8 Å². The summed E-state index contributed by atoms with van der Waals surface area (Å²) in [6, 6.07) is 10.6. The Morgan fingerprint density at radius 2 is 1.71 bits per heavy atom. The molecule has 168 valence electrons. The number of benzene rings is 2. The minimum Gasteiger partial charge on any atom is -0.493 e. The van der Waals surface area contributed by atoms with Gasteiger partial charge in [0.1, 0.15) is 4.90 Å². The third-order valence-electron chi connectivity index (χ3n) is 4.77. The number of carbonyl (C=O) groups is 2. The van der Waals surface area contributed by atoms with Crippen LogP contribution in [-0.4, -0.2) is 38.3 Å². The first-order valence-corrected chi connectivity index (χ1v) is 11.2. The number of hydrogen-bond donors (Lipinski definition) is 1. The summed E-state index contributed by atoms with van der Waals surface area (Å²) in [6.07, 6.45) is 0.794. The van der Waals surface area contributed by atoms with Crippen LogP contribution < -0.4 is 14.2 Å². The molecule has 1 N–H and O–H groups in total. The smallest absolute Gasteiger partial charge is 0.339 e. The summed E-state index contributed by atoms with van der Waals surface area (Å²) in [5.41, 5.74) is 1.18. The number of carbonyl (C=O) groups excluding carboxylic acids is 2. The average molecular weight is 449 g/mol. The van der Waals surface area contributed by atoms with E-state index in [0.717, 1.165) is 6.42 Å². The number of methoxy groups -OCH3 is 1. The third kappa shape index (κ3) is 6.45. The van der Waals surface area contributed by atoms with Crippen molar-refractivity contribution >= 4 is 27.6 Å². The molecule has 0 aliphatic rings. The Hall–Kier alpha value is -3.07. The maximum atomic E-state index is 12.8. The summed E-state index contributed by atoms with van der Waals surface area (Å²) in [6.45, 7) is 7.13. The van der Waals surface area contributed by atoms with Gasteiger partial charge in [0.25, 0.3) is 0 Å². The highest BCUT2D eigenvalue weighted by molar-refractivity contribution is 7.87. The van der Waals surface area contributed by atoms with Crippen molar-refractivity contribution in [3.8, 4) is 11.5 Å². The standard InChI is InChI=1S/C22H28N2O6S/c1-6-15(2)24(17(4)26)14-18-7-12-21(29-5)22(13-18)30-31(27,28)20-10-8-19(9-11-20)23-16(3)25/h7-13,15H,6,14H2,1-5H3,(H,23,25)/t15-/m1/s1. The maximum absolute atomic E-state index is 12.8. The number of nitrogens with one attached hydrogen (secondary N) is 1. The van der Waals surface area contributed by atoms with Gasteiger partial charge >= 0.3 is 10.1 Å². The lowest BCUT2D eigenvalue weighted by atomic mass is 10.1. The SMILES string of the molecule is CC[C@@H](C)N(Cc1ccc(OC)c(OS(=O)(=O)c2ccc(NC(C)=O)cc2)c1)C(C)=O. The van der Waals surface area contributed by atoms with Crippen molar-refractivity contribution < 1.29 is 26.9 Å². The number of nitrogens with zero attached hydrogens (tertiary/aromatic N) is 1. The molecule has 0 saturated heterocycles. The molecule has 2 amide bonds. The Bertz CT molecular complexity index is 1030. The van der Waals surface area contributed by atoms with Crippen LogP contribution in [0.5, 0.6) is 11.5 Å². The molecule has 1 atom stereocenters. The molecule has 2 rings (SSSR count). The molecule has 0 saturated carbocycles. The molecule has 0 fully saturated rings. The van der Waals surface area contributed by atoms with Gasteiger partial charge in [0.2, 0.25) is 11.8 Å². The summed E-state index contributed by atoms with van der Waals surface area (Å²) in [5, 5.41) is 2.57. The molecular formula is C22H28N2O6S. The van der Waals surface area contributed by atoms with Crippen molar-refractivity contribution in [3.63, 3.8) is 0 Å². The molecule has 2 aromatic carbocycles. The Morgan fingerprint density at radius 3 is 2.23 bits per heavy atom. The van der Waals surface area contributed by atoms with Gasteiger partial charge in [-0.25, -0.2) is 0 Å². The van der Waals surface area contributed by atoms with Crippen molar-refractivity contribution in [1.82, 2.24) is 4.90 Å². The predicted octanol–water partition coefficient (Wildman–Crippen LogP) is 3.57. The molecule has 0 aromatic heterocycles. The molecule has 0 aliphatic heterocycles. The summed E-state index contributed by atoms with van der Waals surface area (Å²) >= 11 is 0. The van der Waals surface area contributed by atoms with E-state index in [4.69, 9.17) is 8.92 Å². The molecule has 9 heteroatoms. The van der Waals surface area contributed by atoms with E-state index >= 15 is 0 Å². The molecule has 0 radical (unpaired) electrons. The molecule has 2 aromatic rings. The molecule has 0 unspecified atom stereocenters. The zero-order valence-corrected chi connectivity index (χ0v) is 19.2. The quantitative estimate of drug-likeness (QED) is 0.589. The fraction of sp³-hybridized carbons (Fsp3) is 0.364. The van der Waals surface area contributed by atoms with E-state index in [9.17, 15) is 18.0 Å². The van der Waals surface area contributed by atoms with Crippen molar-refractivity contribution in [2.75, 3.05) is 12.4 Å². The van der Waals surface area contributed by atoms with Crippen LogP contribution in [0.15, 0.2) is 47.4 Å². The van der Waals surface area contributed by atoms with Gasteiger partial charge in [-0.3, -0.25) is 9.59 Å². The molecule has 0 aliphatic carbocycles. The van der Waals surface area contributed by atoms with Gasteiger partial charge in [-0.2, -0.15) is 8.42 Å². The summed E-state index contributed by atoms with van der Waals surface area (Å²) in [4.78, 5) is 24.8. The molecule has 31 heavy (non-hydrogen) atoms. The average Bonchev–Trinajstić information content (AvgIpc) is 2.71. The van der Waals surface area contributed by atoms with E-state index in [1.54, 1.807) is 23.1 Å². The second kappa shape index (κ2) is 10.3. The zero-order chi connectivity index (χ0) is 23.2. The largest absolute Gasteiger partial charge is 0.493 e. The van der Waals surface area contributed by atoms with E-state index in [-0.39, 0.29) is 34.3 Å². The maximum Gasteiger partial charge on any atom is 0.339 e. The zero-order valence-electron chi connectivity index (χ0n) is 18.3. The second-order valence-electron chi connectivity index (χ2n) is 7.13. The summed E-state index contributed by atoms with van der Waals surface area (Å²) in [5.74, 6) is -0.0522. The minimum atomic E-state index is -4.15. The lowest BCUT2D eigenvalue weighted by Crippen LogP contribution is -2.36. The third-order valence-corrected chi connectivity index (χ3v) is 6.02. The normalized spacial score (nSPS) is 12.0. The van der Waals surface area contributed by atoms with Crippen LogP contribution in [0.3, 0.4) is 0 Å². The Balaban J connectivity index is 2.31. The van der Waals surface area contributed by atoms with Crippen LogP contribution in [0, 0.1) is 0 Å². The van der Waals surface area contributed by atoms with Gasteiger partial charge in [0, 0.05) is 32.1 Å². The highest BCUT2D eigenvalue weighted by Crippen LogP contribution is 2.32. The van der Waals surface area contributed by atoms with Crippen LogP contribution in [0.2, 0.25) is 0 Å². The molecule has 8 nitrogen and oxygen atoms in total. The van der Waals surface area contributed by atoms with E-state index < -0.39 is 10.1 Å². The van der Waals surface area contributed by atoms with Crippen molar-refractivity contribution in [1.29, 1.82) is 0 Å². The minimum absolute atomic E-state index is 0.0265. The van der Waals surface area contributed by atoms with Gasteiger partial charge in [-0.1, -0.05) is 13.0 Å². The Labute approximate surface area is 183 Å². The molecule has 0 spiro atoms. The first-order valence-electron chi connectivity index (χ1n) is 9.83. The summed E-state index contributed by atoms with van der Waals surface area (Å²) < 4.78 is 36.1. The summed E-state index contributed by atoms with van der Waals surface area (Å²) in [7, 11) is -2.73. The van der Waals surface area contributed by atoms with E-state index in [1.807, 2.05) is 13.8 Å². The number of anilines is 1. The number of rotatable bonds is 9. The van der Waals surface area contributed by atoms with Gasteiger partial charge < -0.3 is 19.1 Å². The van der Waals surface area contributed by atoms with Crippen LogP contribution in [0.1, 0.15) is 39.7 Å². The lowest BCUT2D eigenvalue weighted by molar-refractivity contribution is -0.131. The van der Waals surface area contributed by atoms with Crippen molar-refractivity contribution in [2.24, 2.45) is 0 Å². The highest BCUT2D eigenvalue weighted by atomic mass is 32.2. The van der Waals surface area contributed by atoms with E-state index in [2.05, 4.69) is 5.32 Å². The predicted molar refractivity (Wildman–Crippen MR) is 118 cm³/mol. The number of ether oxygens (including phenoxy) is 1. The monoisotopic (exact) mass is 448 g/mol. The first kappa shape index (κ1) is 24.2. The van der Waals surface area contributed by atoms with Gasteiger partial charge in [-0.05, 0) is 55.3 Å². The van der Waals surface area contributed by atoms with Gasteiger partial charge in [-0.15, -0.1) is 0 Å². The van der Waals surface area contributed by atoms with E-state index in [1.165, 1.54) is 45.2 Å². The fourth-order valence-electron chi connectivity index (χ4n) is 2.95. The molecule has 0 heterocycles. The topological polar surface area (TPSA) is 102 Å². The lowest BCUT2D eigenvalue weighted by Gasteiger charge is -2.27. The fourth-order valence-corrected chi connectivity index (χ4v) is 3.89. The Morgan fingerprint density at radius 1 is 1.06 bits per heavy atom. The first-order chi connectivity index (χ1) is 14.6. The molecule has 0 bridgehead atoms. The highest BCUT2D eigenvalue weighted by Gasteiger charge is 2.21. The van der Waals surface area contributed by atoms with Crippen molar-refractivity contribution in [3.05, 3.63) is 48.0 Å². The second-order valence-corrected chi connectivity index (χ2v) is 8.68. The molecular weight excluding hydrogens is 420 g/mol. The van der Waals surface area contributed by atoms with Crippen LogP contribution in [0.4, 0.5) is 5.69 Å². The van der Waals surface area contributed by atoms with Gasteiger partial charge in [0.15, 0.2) is 11.5 Å². The van der Waals surface area contributed by atoms with Gasteiger partial charge in [0.05, 0.1) is 7.11 Å². The van der Waals surface area contributed by atoms with Crippen LogP contribution in [0.25, 0.3) is 0 Å².